The lowest BCUT2D eigenvalue weighted by atomic mass is 10.2. The van der Waals surface area contributed by atoms with Gasteiger partial charge >= 0.3 is 6.03 Å². The molecule has 0 aliphatic carbocycles. The van der Waals surface area contributed by atoms with E-state index >= 15 is 0 Å². The van der Waals surface area contributed by atoms with Crippen molar-refractivity contribution in [2.45, 2.75) is 0 Å². The number of hydrogen-bond acceptors (Lipinski definition) is 3. The zero-order chi connectivity index (χ0) is 16.2. The van der Waals surface area contributed by atoms with Gasteiger partial charge in [0, 0.05) is 36.5 Å². The molecule has 6 heteroatoms. The standard InChI is InChI=1S/C17H17ClN4O/c1-2-9-21-10-11-22(15-7-4-8-19-16(15)21)17(23)20-14-6-3-5-13(18)12-14/h2-8,12H,1,9-11H2,(H,20,23). The molecule has 0 bridgehead atoms. The minimum atomic E-state index is -0.195. The molecule has 3 rings (SSSR count). The Hall–Kier alpha value is -2.53. The maximum atomic E-state index is 12.6. The monoisotopic (exact) mass is 328 g/mol. The Morgan fingerprint density at radius 3 is 3.00 bits per heavy atom. The molecule has 2 amide bonds. The van der Waals surface area contributed by atoms with E-state index in [-0.39, 0.29) is 6.03 Å². The Kier molecular flexibility index (Phi) is 4.48. The number of hydrogen-bond donors (Lipinski definition) is 1. The van der Waals surface area contributed by atoms with Crippen molar-refractivity contribution in [3.8, 4) is 0 Å². The van der Waals surface area contributed by atoms with Crippen molar-refractivity contribution in [1.82, 2.24) is 4.98 Å². The van der Waals surface area contributed by atoms with Crippen LogP contribution in [0.2, 0.25) is 5.02 Å². The van der Waals surface area contributed by atoms with Gasteiger partial charge < -0.3 is 10.2 Å². The highest BCUT2D eigenvalue weighted by atomic mass is 35.5. The molecule has 0 atom stereocenters. The third-order valence-corrected chi connectivity index (χ3v) is 3.86. The van der Waals surface area contributed by atoms with Crippen LogP contribution in [0.3, 0.4) is 0 Å². The fraction of sp³-hybridized carbons (Fsp3) is 0.176. The molecular formula is C17H17ClN4O. The second-order valence-electron chi connectivity index (χ2n) is 5.17. The van der Waals surface area contributed by atoms with Crippen LogP contribution >= 0.6 is 11.6 Å². The molecular weight excluding hydrogens is 312 g/mol. The van der Waals surface area contributed by atoms with Gasteiger partial charge in [0.1, 0.15) is 0 Å². The number of urea groups is 1. The molecule has 23 heavy (non-hydrogen) atoms. The minimum Gasteiger partial charge on any atom is -0.349 e. The Labute approximate surface area is 140 Å². The van der Waals surface area contributed by atoms with Gasteiger partial charge in [-0.1, -0.05) is 23.7 Å². The summed E-state index contributed by atoms with van der Waals surface area (Å²) < 4.78 is 0. The fourth-order valence-electron chi connectivity index (χ4n) is 2.59. The Morgan fingerprint density at radius 2 is 2.22 bits per heavy atom. The molecule has 1 aliphatic heterocycles. The SMILES string of the molecule is C=CCN1CCN(C(=O)Nc2cccc(Cl)c2)c2cccnc21. The predicted octanol–water partition coefficient (Wildman–Crippen LogP) is 3.78. The molecule has 0 saturated carbocycles. The summed E-state index contributed by atoms with van der Waals surface area (Å²) >= 11 is 5.96. The number of nitrogens with zero attached hydrogens (tertiary/aromatic N) is 3. The number of benzene rings is 1. The lowest BCUT2D eigenvalue weighted by molar-refractivity contribution is 0.256. The van der Waals surface area contributed by atoms with E-state index in [0.29, 0.717) is 30.3 Å². The fourth-order valence-corrected chi connectivity index (χ4v) is 2.78. The smallest absolute Gasteiger partial charge is 0.326 e. The van der Waals surface area contributed by atoms with Gasteiger partial charge in [-0.25, -0.2) is 9.78 Å². The summed E-state index contributed by atoms with van der Waals surface area (Å²) in [5.74, 6) is 0.792. The number of carbonyl (C=O) groups is 1. The van der Waals surface area contributed by atoms with E-state index in [1.165, 1.54) is 0 Å². The van der Waals surface area contributed by atoms with Gasteiger partial charge in [0.05, 0.1) is 5.69 Å². The highest BCUT2D eigenvalue weighted by Crippen LogP contribution is 2.31. The van der Waals surface area contributed by atoms with Crippen LogP contribution in [0.4, 0.5) is 22.0 Å². The number of nitrogens with one attached hydrogen (secondary N) is 1. The highest BCUT2D eigenvalue weighted by molar-refractivity contribution is 6.30. The maximum absolute atomic E-state index is 12.6. The van der Waals surface area contributed by atoms with E-state index in [4.69, 9.17) is 11.6 Å². The van der Waals surface area contributed by atoms with Gasteiger partial charge in [0.2, 0.25) is 0 Å². The topological polar surface area (TPSA) is 48.5 Å². The lowest BCUT2D eigenvalue weighted by Crippen LogP contribution is -2.46. The zero-order valence-electron chi connectivity index (χ0n) is 12.6. The summed E-state index contributed by atoms with van der Waals surface area (Å²) in [6.45, 7) is 5.76. The molecule has 0 spiro atoms. The van der Waals surface area contributed by atoms with E-state index in [0.717, 1.165) is 11.5 Å². The molecule has 0 unspecified atom stereocenters. The number of pyridine rings is 1. The van der Waals surface area contributed by atoms with Gasteiger partial charge in [-0.3, -0.25) is 4.90 Å². The van der Waals surface area contributed by atoms with Crippen molar-refractivity contribution in [3.63, 3.8) is 0 Å². The highest BCUT2D eigenvalue weighted by Gasteiger charge is 2.27. The van der Waals surface area contributed by atoms with Crippen LogP contribution in [0.25, 0.3) is 0 Å². The van der Waals surface area contributed by atoms with E-state index in [1.54, 1.807) is 29.3 Å². The molecule has 0 radical (unpaired) electrons. The molecule has 0 saturated heterocycles. The summed E-state index contributed by atoms with van der Waals surface area (Å²) in [4.78, 5) is 20.8. The molecule has 5 nitrogen and oxygen atoms in total. The largest absolute Gasteiger partial charge is 0.349 e. The maximum Gasteiger partial charge on any atom is 0.326 e. The molecule has 1 N–H and O–H groups in total. The van der Waals surface area contributed by atoms with Crippen molar-refractivity contribution in [1.29, 1.82) is 0 Å². The van der Waals surface area contributed by atoms with Crippen LogP contribution in [0.5, 0.6) is 0 Å². The first-order valence-corrected chi connectivity index (χ1v) is 7.72. The molecule has 1 aromatic heterocycles. The summed E-state index contributed by atoms with van der Waals surface area (Å²) in [7, 11) is 0. The minimum absolute atomic E-state index is 0.195. The Morgan fingerprint density at radius 1 is 1.35 bits per heavy atom. The Balaban J connectivity index is 1.84. The second kappa shape index (κ2) is 6.71. The first-order chi connectivity index (χ1) is 11.2. The van der Waals surface area contributed by atoms with Crippen LogP contribution in [-0.4, -0.2) is 30.6 Å². The van der Waals surface area contributed by atoms with Crippen molar-refractivity contribution in [3.05, 3.63) is 60.3 Å². The number of anilines is 3. The van der Waals surface area contributed by atoms with Gasteiger partial charge in [0.25, 0.3) is 0 Å². The van der Waals surface area contributed by atoms with Crippen LogP contribution in [0.1, 0.15) is 0 Å². The van der Waals surface area contributed by atoms with Crippen molar-refractivity contribution in [2.75, 3.05) is 34.8 Å². The van der Waals surface area contributed by atoms with Crippen molar-refractivity contribution in [2.24, 2.45) is 0 Å². The average molecular weight is 329 g/mol. The van der Waals surface area contributed by atoms with Crippen LogP contribution in [-0.2, 0) is 0 Å². The van der Waals surface area contributed by atoms with Gasteiger partial charge in [-0.2, -0.15) is 0 Å². The first kappa shape index (κ1) is 15.4. The summed E-state index contributed by atoms with van der Waals surface area (Å²) in [6.07, 6.45) is 3.56. The predicted molar refractivity (Wildman–Crippen MR) is 94.5 cm³/mol. The van der Waals surface area contributed by atoms with Crippen LogP contribution in [0, 0.1) is 0 Å². The third-order valence-electron chi connectivity index (χ3n) is 3.62. The van der Waals surface area contributed by atoms with Crippen molar-refractivity contribution >= 4 is 34.8 Å². The quantitative estimate of drug-likeness (QED) is 0.872. The number of carbonyl (C=O) groups excluding carboxylic acids is 1. The number of fused-ring (bicyclic) bond motifs is 1. The number of rotatable bonds is 3. The van der Waals surface area contributed by atoms with Gasteiger partial charge in [0.15, 0.2) is 5.82 Å². The van der Waals surface area contributed by atoms with Crippen molar-refractivity contribution < 1.29 is 4.79 Å². The third kappa shape index (κ3) is 3.29. The molecule has 2 heterocycles. The van der Waals surface area contributed by atoms with E-state index in [2.05, 4.69) is 21.8 Å². The van der Waals surface area contributed by atoms with Crippen LogP contribution < -0.4 is 15.1 Å². The number of halogens is 1. The number of aromatic nitrogens is 1. The van der Waals surface area contributed by atoms with Gasteiger partial charge in [-0.15, -0.1) is 6.58 Å². The zero-order valence-corrected chi connectivity index (χ0v) is 13.3. The molecule has 2 aromatic rings. The molecule has 0 fully saturated rings. The molecule has 118 valence electrons. The average Bonchev–Trinajstić information content (AvgIpc) is 2.55. The molecule has 1 aromatic carbocycles. The second-order valence-corrected chi connectivity index (χ2v) is 5.61. The molecule has 1 aliphatic rings. The first-order valence-electron chi connectivity index (χ1n) is 7.34. The Bertz CT molecular complexity index is 734. The number of amides is 2. The lowest BCUT2D eigenvalue weighted by Gasteiger charge is -2.36. The van der Waals surface area contributed by atoms with Crippen LogP contribution in [0.15, 0.2) is 55.3 Å². The normalized spacial score (nSPS) is 13.4. The summed E-state index contributed by atoms with van der Waals surface area (Å²) in [6, 6.07) is 10.6. The summed E-state index contributed by atoms with van der Waals surface area (Å²) in [5.41, 5.74) is 1.46. The van der Waals surface area contributed by atoms with E-state index < -0.39 is 0 Å². The van der Waals surface area contributed by atoms with E-state index in [9.17, 15) is 4.79 Å². The van der Waals surface area contributed by atoms with Gasteiger partial charge in [-0.05, 0) is 30.3 Å². The summed E-state index contributed by atoms with van der Waals surface area (Å²) in [5, 5.41) is 3.46. The van der Waals surface area contributed by atoms with E-state index in [1.807, 2.05) is 24.3 Å².